The summed E-state index contributed by atoms with van der Waals surface area (Å²) < 4.78 is 25.6. The minimum absolute atomic E-state index is 0.291. The van der Waals surface area contributed by atoms with E-state index in [9.17, 15) is 19.2 Å². The Morgan fingerprint density at radius 2 is 1.25 bits per heavy atom. The van der Waals surface area contributed by atoms with Gasteiger partial charge in [0, 0.05) is 27.7 Å². The quantitative estimate of drug-likeness (QED) is 0.385. The van der Waals surface area contributed by atoms with E-state index in [0.29, 0.717) is 0 Å². The first-order valence-electron chi connectivity index (χ1n) is 7.06. The first-order valence-corrected chi connectivity index (χ1v) is 7.50. The first kappa shape index (κ1) is 20.2. The standard InChI is InChI=1S/C14H19ClO9/c1-6(16)20-5-10-11(21-7(2)17)12(22-8(3)18)13(14(15)24-10)23-9(4)19/h10-14H,5H2,1-4H3/t10-,11+,12+,13+,14+/m0/s1. The number of hydrogen-bond donors (Lipinski definition) is 0. The van der Waals surface area contributed by atoms with Crippen molar-refractivity contribution in [2.75, 3.05) is 6.61 Å². The third-order valence-electron chi connectivity index (χ3n) is 2.93. The lowest BCUT2D eigenvalue weighted by Crippen LogP contribution is -2.61. The van der Waals surface area contributed by atoms with E-state index in [2.05, 4.69) is 0 Å². The zero-order valence-corrected chi connectivity index (χ0v) is 14.4. The van der Waals surface area contributed by atoms with Gasteiger partial charge in [0.15, 0.2) is 23.9 Å². The smallest absolute Gasteiger partial charge is 0.303 e. The fraction of sp³-hybridized carbons (Fsp3) is 0.714. The van der Waals surface area contributed by atoms with Crippen LogP contribution in [-0.4, -0.2) is 60.5 Å². The minimum atomic E-state index is -1.22. The van der Waals surface area contributed by atoms with Crippen LogP contribution in [-0.2, 0) is 42.9 Å². The second-order valence-corrected chi connectivity index (χ2v) is 5.48. The second-order valence-electron chi connectivity index (χ2n) is 5.05. The van der Waals surface area contributed by atoms with Gasteiger partial charge in [-0.1, -0.05) is 11.6 Å². The maximum absolute atomic E-state index is 11.4. The molecule has 0 saturated carbocycles. The number of carbonyl (C=O) groups is 4. The van der Waals surface area contributed by atoms with E-state index in [-0.39, 0.29) is 6.61 Å². The number of ether oxygens (including phenoxy) is 5. The molecule has 0 radical (unpaired) electrons. The third-order valence-corrected chi connectivity index (χ3v) is 3.29. The van der Waals surface area contributed by atoms with Crippen molar-refractivity contribution < 1.29 is 42.9 Å². The molecule has 0 aliphatic carbocycles. The Kier molecular flexibility index (Phi) is 7.43. The molecule has 0 bridgehead atoms. The van der Waals surface area contributed by atoms with Crippen LogP contribution in [0.1, 0.15) is 27.7 Å². The summed E-state index contributed by atoms with van der Waals surface area (Å²) in [4.78, 5) is 45.0. The van der Waals surface area contributed by atoms with Gasteiger partial charge in [0.05, 0.1) is 0 Å². The highest BCUT2D eigenvalue weighted by atomic mass is 35.5. The Hall–Kier alpha value is -1.87. The third kappa shape index (κ3) is 5.97. The zero-order valence-electron chi connectivity index (χ0n) is 13.6. The zero-order chi connectivity index (χ0) is 18.4. The Morgan fingerprint density at radius 1 is 0.792 bits per heavy atom. The van der Waals surface area contributed by atoms with E-state index >= 15 is 0 Å². The van der Waals surface area contributed by atoms with E-state index in [1.807, 2.05) is 0 Å². The topological polar surface area (TPSA) is 114 Å². The summed E-state index contributed by atoms with van der Waals surface area (Å²) in [6.07, 6.45) is -4.60. The van der Waals surface area contributed by atoms with Gasteiger partial charge in [0.2, 0.25) is 0 Å². The molecule has 1 saturated heterocycles. The molecule has 0 unspecified atom stereocenters. The minimum Gasteiger partial charge on any atom is -0.463 e. The number of halogens is 1. The molecule has 1 fully saturated rings. The maximum atomic E-state index is 11.4. The number of carbonyl (C=O) groups excluding carboxylic acids is 4. The molecule has 24 heavy (non-hydrogen) atoms. The van der Waals surface area contributed by atoms with Gasteiger partial charge in [-0.3, -0.25) is 19.2 Å². The molecule has 0 aromatic heterocycles. The second kappa shape index (κ2) is 8.84. The summed E-state index contributed by atoms with van der Waals surface area (Å²) in [5.41, 5.74) is -1.20. The van der Waals surface area contributed by atoms with Gasteiger partial charge >= 0.3 is 23.9 Å². The van der Waals surface area contributed by atoms with Crippen LogP contribution < -0.4 is 0 Å². The molecule has 5 atom stereocenters. The molecule has 0 spiro atoms. The van der Waals surface area contributed by atoms with Gasteiger partial charge in [0.25, 0.3) is 0 Å². The van der Waals surface area contributed by atoms with Crippen LogP contribution in [0.3, 0.4) is 0 Å². The molecule has 0 N–H and O–H groups in total. The van der Waals surface area contributed by atoms with Gasteiger partial charge in [-0.2, -0.15) is 0 Å². The molecule has 0 amide bonds. The highest BCUT2D eigenvalue weighted by molar-refractivity contribution is 6.20. The van der Waals surface area contributed by atoms with Crippen LogP contribution in [0.2, 0.25) is 0 Å². The van der Waals surface area contributed by atoms with Crippen LogP contribution in [0.4, 0.5) is 0 Å². The molecule has 9 nitrogen and oxygen atoms in total. The van der Waals surface area contributed by atoms with Gasteiger partial charge < -0.3 is 23.7 Å². The van der Waals surface area contributed by atoms with Crippen LogP contribution >= 0.6 is 11.6 Å². The molecular weight excluding hydrogens is 348 g/mol. The molecule has 10 heteroatoms. The number of rotatable bonds is 5. The summed E-state index contributed by atoms with van der Waals surface area (Å²) in [5, 5.41) is 0. The van der Waals surface area contributed by atoms with Crippen molar-refractivity contribution in [3.05, 3.63) is 0 Å². The highest BCUT2D eigenvalue weighted by Gasteiger charge is 2.51. The summed E-state index contributed by atoms with van der Waals surface area (Å²) in [5.74, 6) is -2.67. The Balaban J connectivity index is 3.11. The summed E-state index contributed by atoms with van der Waals surface area (Å²) in [7, 11) is 0. The number of esters is 4. The molecule has 1 rings (SSSR count). The average molecular weight is 367 g/mol. The van der Waals surface area contributed by atoms with Crippen molar-refractivity contribution >= 4 is 35.5 Å². The molecule has 1 aliphatic heterocycles. The fourth-order valence-corrected chi connectivity index (χ4v) is 2.50. The predicted octanol–water partition coefficient (Wildman–Crippen LogP) is 0.308. The molecule has 0 aromatic carbocycles. The summed E-state index contributed by atoms with van der Waals surface area (Å²) in [6.45, 7) is 4.31. The maximum Gasteiger partial charge on any atom is 0.303 e. The van der Waals surface area contributed by atoms with E-state index in [1.54, 1.807) is 0 Å². The van der Waals surface area contributed by atoms with Crippen molar-refractivity contribution in [3.63, 3.8) is 0 Å². The Bertz CT molecular complexity index is 506. The molecular formula is C14H19ClO9. The molecule has 1 aliphatic rings. The van der Waals surface area contributed by atoms with Crippen molar-refractivity contribution in [3.8, 4) is 0 Å². The predicted molar refractivity (Wildman–Crippen MR) is 77.8 cm³/mol. The first-order chi connectivity index (χ1) is 11.1. The van der Waals surface area contributed by atoms with Gasteiger partial charge in [0.1, 0.15) is 12.7 Å². The van der Waals surface area contributed by atoms with Gasteiger partial charge in [-0.25, -0.2) is 0 Å². The molecule has 136 valence electrons. The van der Waals surface area contributed by atoms with E-state index in [1.165, 1.54) is 6.92 Å². The van der Waals surface area contributed by atoms with Crippen molar-refractivity contribution in [1.82, 2.24) is 0 Å². The molecule has 0 aromatic rings. The van der Waals surface area contributed by atoms with E-state index in [0.717, 1.165) is 20.8 Å². The van der Waals surface area contributed by atoms with E-state index in [4.69, 9.17) is 35.3 Å². The molecule has 1 heterocycles. The monoisotopic (exact) mass is 366 g/mol. The van der Waals surface area contributed by atoms with Gasteiger partial charge in [-0.05, 0) is 0 Å². The van der Waals surface area contributed by atoms with Crippen molar-refractivity contribution in [1.29, 1.82) is 0 Å². The largest absolute Gasteiger partial charge is 0.463 e. The fourth-order valence-electron chi connectivity index (χ4n) is 2.18. The Morgan fingerprint density at radius 3 is 1.71 bits per heavy atom. The average Bonchev–Trinajstić information content (AvgIpc) is 2.42. The lowest BCUT2D eigenvalue weighted by molar-refractivity contribution is -0.238. The van der Waals surface area contributed by atoms with Crippen molar-refractivity contribution in [2.24, 2.45) is 0 Å². The van der Waals surface area contributed by atoms with Crippen LogP contribution in [0.15, 0.2) is 0 Å². The highest BCUT2D eigenvalue weighted by Crippen LogP contribution is 2.30. The summed E-state index contributed by atoms with van der Waals surface area (Å²) >= 11 is 6.05. The lowest BCUT2D eigenvalue weighted by atomic mass is 9.99. The Labute approximate surface area is 143 Å². The van der Waals surface area contributed by atoms with E-state index < -0.39 is 53.9 Å². The normalized spacial score (nSPS) is 29.3. The van der Waals surface area contributed by atoms with Crippen LogP contribution in [0.5, 0.6) is 0 Å². The number of alkyl halides is 1. The number of hydrogen-bond acceptors (Lipinski definition) is 9. The lowest BCUT2D eigenvalue weighted by Gasteiger charge is -2.42. The van der Waals surface area contributed by atoms with Gasteiger partial charge in [-0.15, -0.1) is 0 Å². The van der Waals surface area contributed by atoms with Crippen molar-refractivity contribution in [2.45, 2.75) is 57.7 Å². The van der Waals surface area contributed by atoms with Crippen LogP contribution in [0, 0.1) is 0 Å². The SMILES string of the molecule is CC(=O)OC[C@@H]1O[C@@H](Cl)[C@H](OC(C)=O)[C@H](OC(C)=O)[C@@H]1OC(C)=O. The van der Waals surface area contributed by atoms with Crippen LogP contribution in [0.25, 0.3) is 0 Å². The summed E-state index contributed by atoms with van der Waals surface area (Å²) in [6, 6.07) is 0.